The van der Waals surface area contributed by atoms with Gasteiger partial charge < -0.3 is 15.0 Å². The Morgan fingerprint density at radius 1 is 1.44 bits per heavy atom. The third-order valence-corrected chi connectivity index (χ3v) is 3.50. The Kier molecular flexibility index (Phi) is 6.05. The van der Waals surface area contributed by atoms with Crippen LogP contribution in [0.2, 0.25) is 0 Å². The molecular formula is C13H27N3O2. The highest BCUT2D eigenvalue weighted by Gasteiger charge is 2.27. The normalized spacial score (nSPS) is 24.2. The number of hydrogen-bond acceptors (Lipinski definition) is 5. The van der Waals surface area contributed by atoms with Crippen LogP contribution in [0.15, 0.2) is 0 Å². The average molecular weight is 257 g/mol. The number of ether oxygens (including phenoxy) is 1. The molecule has 0 aromatic heterocycles. The van der Waals surface area contributed by atoms with Crippen molar-refractivity contribution in [1.82, 2.24) is 15.1 Å². The minimum atomic E-state index is -0.231. The van der Waals surface area contributed by atoms with Crippen molar-refractivity contribution in [2.24, 2.45) is 0 Å². The molecule has 2 unspecified atom stereocenters. The lowest BCUT2D eigenvalue weighted by Gasteiger charge is -2.39. The maximum absolute atomic E-state index is 11.7. The van der Waals surface area contributed by atoms with Crippen molar-refractivity contribution in [3.8, 4) is 0 Å². The predicted octanol–water partition coefficient (Wildman–Crippen LogP) is 0.162. The number of rotatable bonds is 5. The molecule has 0 bridgehead atoms. The van der Waals surface area contributed by atoms with Gasteiger partial charge in [0.1, 0.15) is 6.04 Å². The van der Waals surface area contributed by atoms with Gasteiger partial charge in [-0.15, -0.1) is 0 Å². The first-order chi connectivity index (χ1) is 8.43. The van der Waals surface area contributed by atoms with Crippen LogP contribution in [0.25, 0.3) is 0 Å². The first kappa shape index (κ1) is 15.4. The van der Waals surface area contributed by atoms with Gasteiger partial charge in [-0.05, 0) is 14.0 Å². The molecule has 0 saturated carbocycles. The summed E-state index contributed by atoms with van der Waals surface area (Å²) in [4.78, 5) is 16.4. The Morgan fingerprint density at radius 3 is 2.61 bits per heavy atom. The molecule has 1 N–H and O–H groups in total. The molecule has 0 spiro atoms. The van der Waals surface area contributed by atoms with Crippen molar-refractivity contribution in [1.29, 1.82) is 0 Å². The van der Waals surface area contributed by atoms with Crippen molar-refractivity contribution in [2.75, 3.05) is 40.3 Å². The largest absolute Gasteiger partial charge is 0.468 e. The molecule has 0 aromatic rings. The van der Waals surface area contributed by atoms with Crippen LogP contribution in [-0.4, -0.2) is 74.2 Å². The number of piperazine rings is 1. The summed E-state index contributed by atoms with van der Waals surface area (Å²) in [6, 6.07) is 0.584. The number of likely N-dealkylation sites (N-methyl/N-ethyl adjacent to an activating group) is 1. The molecule has 2 atom stereocenters. The van der Waals surface area contributed by atoms with Crippen molar-refractivity contribution in [3.63, 3.8) is 0 Å². The number of nitrogens with zero attached hydrogens (tertiary/aromatic N) is 2. The van der Waals surface area contributed by atoms with Crippen LogP contribution < -0.4 is 5.32 Å². The van der Waals surface area contributed by atoms with Crippen LogP contribution in [0.3, 0.4) is 0 Å². The molecule has 1 heterocycles. The molecule has 0 radical (unpaired) electrons. The Hall–Kier alpha value is -0.650. The number of methoxy groups -OCH3 is 1. The van der Waals surface area contributed by atoms with E-state index in [9.17, 15) is 4.79 Å². The Balaban J connectivity index is 2.52. The second kappa shape index (κ2) is 7.07. The predicted molar refractivity (Wildman–Crippen MR) is 72.6 cm³/mol. The molecule has 1 aliphatic heterocycles. The Morgan fingerprint density at radius 2 is 2.11 bits per heavy atom. The quantitative estimate of drug-likeness (QED) is 0.711. The number of nitrogens with one attached hydrogen (secondary N) is 1. The van der Waals surface area contributed by atoms with Gasteiger partial charge in [-0.2, -0.15) is 0 Å². The second-order valence-corrected chi connectivity index (χ2v) is 5.49. The first-order valence-corrected chi connectivity index (χ1v) is 6.70. The molecule has 0 aliphatic carbocycles. The van der Waals surface area contributed by atoms with Crippen molar-refractivity contribution >= 4 is 5.97 Å². The van der Waals surface area contributed by atoms with Gasteiger partial charge >= 0.3 is 5.97 Å². The summed E-state index contributed by atoms with van der Waals surface area (Å²) in [5, 5.41) is 3.27. The monoisotopic (exact) mass is 257 g/mol. The van der Waals surface area contributed by atoms with Crippen LogP contribution >= 0.6 is 0 Å². The van der Waals surface area contributed by atoms with E-state index in [-0.39, 0.29) is 18.1 Å². The van der Waals surface area contributed by atoms with Gasteiger partial charge in [-0.1, -0.05) is 13.8 Å². The van der Waals surface area contributed by atoms with E-state index in [0.717, 1.165) is 26.2 Å². The van der Waals surface area contributed by atoms with Crippen LogP contribution in [0.4, 0.5) is 0 Å². The zero-order valence-corrected chi connectivity index (χ0v) is 12.3. The van der Waals surface area contributed by atoms with Crippen molar-refractivity contribution < 1.29 is 9.53 Å². The summed E-state index contributed by atoms with van der Waals surface area (Å²) >= 11 is 0. The molecule has 106 valence electrons. The van der Waals surface area contributed by atoms with Crippen LogP contribution in [0, 0.1) is 0 Å². The molecule has 1 fully saturated rings. The van der Waals surface area contributed by atoms with E-state index in [4.69, 9.17) is 4.74 Å². The maximum atomic E-state index is 11.7. The van der Waals surface area contributed by atoms with Crippen molar-refractivity contribution in [3.05, 3.63) is 0 Å². The minimum Gasteiger partial charge on any atom is -0.468 e. The molecule has 18 heavy (non-hydrogen) atoms. The topological polar surface area (TPSA) is 44.8 Å². The standard InChI is InChI=1S/C13H27N3O2/c1-10(2)14-12(13(17)18-5)9-16-7-6-15(4)11(3)8-16/h10-12,14H,6-9H2,1-5H3. The fourth-order valence-electron chi connectivity index (χ4n) is 2.29. The highest BCUT2D eigenvalue weighted by Crippen LogP contribution is 2.08. The number of hydrogen-bond donors (Lipinski definition) is 1. The second-order valence-electron chi connectivity index (χ2n) is 5.49. The van der Waals surface area contributed by atoms with Gasteiger partial charge in [-0.25, -0.2) is 0 Å². The highest BCUT2D eigenvalue weighted by molar-refractivity contribution is 5.76. The Labute approximate surface area is 110 Å². The zero-order chi connectivity index (χ0) is 13.7. The lowest BCUT2D eigenvalue weighted by Crippen LogP contribution is -2.55. The van der Waals surface area contributed by atoms with E-state index in [0.29, 0.717) is 6.04 Å². The van der Waals surface area contributed by atoms with Gasteiger partial charge in [0, 0.05) is 38.3 Å². The third kappa shape index (κ3) is 4.55. The number of esters is 1. The van der Waals surface area contributed by atoms with Gasteiger partial charge in [0.2, 0.25) is 0 Å². The van der Waals surface area contributed by atoms with E-state index in [1.165, 1.54) is 7.11 Å². The van der Waals surface area contributed by atoms with E-state index < -0.39 is 0 Å². The van der Waals surface area contributed by atoms with E-state index in [1.807, 2.05) is 13.8 Å². The molecule has 5 heteroatoms. The van der Waals surface area contributed by atoms with Crippen molar-refractivity contribution in [2.45, 2.75) is 38.9 Å². The third-order valence-electron chi connectivity index (χ3n) is 3.50. The Bertz CT molecular complexity index is 271. The summed E-state index contributed by atoms with van der Waals surface area (Å²) < 4.78 is 4.86. The summed E-state index contributed by atoms with van der Waals surface area (Å²) in [7, 11) is 3.59. The molecule has 5 nitrogen and oxygen atoms in total. The van der Waals surface area contributed by atoms with Crippen LogP contribution in [0.1, 0.15) is 20.8 Å². The lowest BCUT2D eigenvalue weighted by atomic mass is 10.1. The number of carbonyl (C=O) groups is 1. The summed E-state index contributed by atoms with van der Waals surface area (Å²) in [6.45, 7) is 10.1. The van der Waals surface area contributed by atoms with E-state index in [1.54, 1.807) is 0 Å². The fraction of sp³-hybridized carbons (Fsp3) is 0.923. The van der Waals surface area contributed by atoms with Crippen LogP contribution in [-0.2, 0) is 9.53 Å². The molecule has 1 saturated heterocycles. The summed E-state index contributed by atoms with van der Waals surface area (Å²) in [6.07, 6.45) is 0. The first-order valence-electron chi connectivity index (χ1n) is 6.70. The molecule has 0 amide bonds. The van der Waals surface area contributed by atoms with E-state index >= 15 is 0 Å². The van der Waals surface area contributed by atoms with E-state index in [2.05, 4.69) is 29.1 Å². The van der Waals surface area contributed by atoms with Crippen LogP contribution in [0.5, 0.6) is 0 Å². The average Bonchev–Trinajstić information content (AvgIpc) is 2.31. The SMILES string of the molecule is COC(=O)C(CN1CCN(C)C(C)C1)NC(C)C. The van der Waals surface area contributed by atoms with Gasteiger partial charge in [-0.3, -0.25) is 9.69 Å². The van der Waals surface area contributed by atoms with Gasteiger partial charge in [0.15, 0.2) is 0 Å². The molecule has 0 aromatic carbocycles. The zero-order valence-electron chi connectivity index (χ0n) is 12.3. The fourth-order valence-corrected chi connectivity index (χ4v) is 2.29. The smallest absolute Gasteiger partial charge is 0.324 e. The summed E-state index contributed by atoms with van der Waals surface area (Å²) in [5.41, 5.74) is 0. The number of carbonyl (C=O) groups excluding carboxylic acids is 1. The van der Waals surface area contributed by atoms with Gasteiger partial charge in [0.25, 0.3) is 0 Å². The maximum Gasteiger partial charge on any atom is 0.324 e. The molecule has 1 aliphatic rings. The highest BCUT2D eigenvalue weighted by atomic mass is 16.5. The summed E-state index contributed by atoms with van der Waals surface area (Å²) in [5.74, 6) is -0.171. The molecular weight excluding hydrogens is 230 g/mol. The van der Waals surface area contributed by atoms with Gasteiger partial charge in [0.05, 0.1) is 7.11 Å². The minimum absolute atomic E-state index is 0.171. The molecule has 1 rings (SSSR count). The lowest BCUT2D eigenvalue weighted by molar-refractivity contribution is -0.144.